The Morgan fingerprint density at radius 3 is 2.12 bits per heavy atom. The Morgan fingerprint density at radius 2 is 1.75 bits per heavy atom. The van der Waals surface area contributed by atoms with E-state index < -0.39 is 0 Å². The zero-order chi connectivity index (χ0) is 5.82. The minimum atomic E-state index is 0.601. The quantitative estimate of drug-likeness (QED) is 0.457. The molecule has 0 bridgehead atoms. The summed E-state index contributed by atoms with van der Waals surface area (Å²) in [4.78, 5) is 0. The molecule has 0 heterocycles. The van der Waals surface area contributed by atoms with Crippen LogP contribution in [0, 0.1) is 7.05 Å². The van der Waals surface area contributed by atoms with Crippen LogP contribution in [0.15, 0.2) is 0 Å². The van der Waals surface area contributed by atoms with Crippen molar-refractivity contribution in [1.82, 2.24) is 5.32 Å². The van der Waals surface area contributed by atoms with Crippen molar-refractivity contribution in [3.8, 4) is 0 Å². The molecule has 1 rings (SSSR count). The Labute approximate surface area is 51.5 Å². The molecule has 1 aliphatic carbocycles. The molecule has 0 N–H and O–H groups in total. The molecule has 0 aromatic carbocycles. The third-order valence-corrected chi connectivity index (χ3v) is 1.83. The second-order valence-corrected chi connectivity index (χ2v) is 2.47. The lowest BCUT2D eigenvalue weighted by atomic mass is 9.96. The zero-order valence-corrected chi connectivity index (χ0v) is 5.27. The fourth-order valence-corrected chi connectivity index (χ4v) is 1.26. The fourth-order valence-electron chi connectivity index (χ4n) is 1.26. The van der Waals surface area contributed by atoms with Crippen LogP contribution >= 0.6 is 0 Å². The largest absolute Gasteiger partial charge is 0.422 e. The Hall–Kier alpha value is -0.0400. The van der Waals surface area contributed by atoms with Gasteiger partial charge in [0.25, 0.3) is 0 Å². The van der Waals surface area contributed by atoms with E-state index in [1.807, 2.05) is 0 Å². The van der Waals surface area contributed by atoms with Gasteiger partial charge in [-0.15, -0.1) is 0 Å². The van der Waals surface area contributed by atoms with E-state index in [1.54, 1.807) is 0 Å². The molecule has 0 atom stereocenters. The van der Waals surface area contributed by atoms with E-state index >= 15 is 0 Å². The van der Waals surface area contributed by atoms with Gasteiger partial charge in [-0.25, -0.2) is 0 Å². The van der Waals surface area contributed by atoms with E-state index in [-0.39, 0.29) is 0 Å². The lowest BCUT2D eigenvalue weighted by molar-refractivity contribution is 0.398. The van der Waals surface area contributed by atoms with E-state index in [9.17, 15) is 0 Å². The minimum absolute atomic E-state index is 0.601. The third kappa shape index (κ3) is 1.48. The second-order valence-electron chi connectivity index (χ2n) is 2.47. The van der Waals surface area contributed by atoms with Crippen LogP contribution in [0.25, 0.3) is 0 Å². The smallest absolute Gasteiger partial charge is 0.00849 e. The Kier molecular flexibility index (Phi) is 2.34. The van der Waals surface area contributed by atoms with Crippen molar-refractivity contribution in [2.75, 3.05) is 0 Å². The average Bonchev–Trinajstić information content (AvgIpc) is 1.90. The zero-order valence-electron chi connectivity index (χ0n) is 5.27. The van der Waals surface area contributed by atoms with Gasteiger partial charge in [-0.3, -0.25) is 7.05 Å². The average molecular weight is 111 g/mol. The Bertz CT molecular complexity index is 55.4. The standard InChI is InChI=1S/C7H13N/c1-8-7-5-3-2-4-6-7/h7H,1-6H2/q-1. The lowest BCUT2D eigenvalue weighted by Gasteiger charge is -2.22. The molecule has 0 unspecified atom stereocenters. The normalized spacial score (nSPS) is 23.6. The molecule has 0 aliphatic heterocycles. The summed E-state index contributed by atoms with van der Waals surface area (Å²) < 4.78 is 0. The van der Waals surface area contributed by atoms with Gasteiger partial charge in [0.1, 0.15) is 0 Å². The summed E-state index contributed by atoms with van der Waals surface area (Å²) in [7, 11) is 3.53. The molecule has 0 aromatic rings. The van der Waals surface area contributed by atoms with Gasteiger partial charge < -0.3 is 5.32 Å². The molecule has 1 heteroatoms. The van der Waals surface area contributed by atoms with Gasteiger partial charge in [0, 0.05) is 0 Å². The molecule has 0 amide bonds. The maximum Gasteiger partial charge on any atom is -0.00849 e. The molecule has 1 saturated carbocycles. The van der Waals surface area contributed by atoms with E-state index in [2.05, 4.69) is 12.4 Å². The first-order valence-electron chi connectivity index (χ1n) is 3.39. The van der Waals surface area contributed by atoms with Crippen molar-refractivity contribution in [1.29, 1.82) is 0 Å². The van der Waals surface area contributed by atoms with Gasteiger partial charge in [0.05, 0.1) is 0 Å². The predicted molar refractivity (Wildman–Crippen MR) is 34.4 cm³/mol. The summed E-state index contributed by atoms with van der Waals surface area (Å²) in [5.41, 5.74) is 0. The van der Waals surface area contributed by atoms with Crippen LogP contribution in [0.3, 0.4) is 0 Å². The second kappa shape index (κ2) is 3.08. The highest BCUT2D eigenvalue weighted by Crippen LogP contribution is 2.17. The Morgan fingerprint density at radius 1 is 1.12 bits per heavy atom. The number of hydrogen-bond donors (Lipinski definition) is 0. The summed E-state index contributed by atoms with van der Waals surface area (Å²) >= 11 is 0. The highest BCUT2D eigenvalue weighted by atomic mass is 14.9. The lowest BCUT2D eigenvalue weighted by Crippen LogP contribution is -2.19. The SMILES string of the molecule is [CH2-][N]C1CCCCC1. The first-order valence-corrected chi connectivity index (χ1v) is 3.39. The first-order chi connectivity index (χ1) is 3.93. The molecular weight excluding hydrogens is 98.1 g/mol. The van der Waals surface area contributed by atoms with Gasteiger partial charge in [-0.05, 0) is 18.9 Å². The predicted octanol–water partition coefficient (Wildman–Crippen LogP) is 1.72. The molecule has 1 fully saturated rings. The van der Waals surface area contributed by atoms with Crippen molar-refractivity contribution in [3.05, 3.63) is 7.05 Å². The van der Waals surface area contributed by atoms with Crippen LogP contribution in [-0.2, 0) is 0 Å². The van der Waals surface area contributed by atoms with Crippen molar-refractivity contribution >= 4 is 0 Å². The molecule has 0 saturated heterocycles. The first kappa shape index (κ1) is 6.09. The van der Waals surface area contributed by atoms with Crippen molar-refractivity contribution in [2.45, 2.75) is 38.1 Å². The molecule has 1 nitrogen and oxygen atoms in total. The van der Waals surface area contributed by atoms with Crippen LogP contribution in [-0.4, -0.2) is 6.04 Å². The summed E-state index contributed by atoms with van der Waals surface area (Å²) in [6.07, 6.45) is 6.70. The molecule has 8 heavy (non-hydrogen) atoms. The maximum absolute atomic E-state index is 4.00. The van der Waals surface area contributed by atoms with Gasteiger partial charge >= 0.3 is 0 Å². The number of rotatable bonds is 1. The van der Waals surface area contributed by atoms with Crippen LogP contribution in [0.4, 0.5) is 0 Å². The van der Waals surface area contributed by atoms with E-state index in [1.165, 1.54) is 32.1 Å². The molecule has 47 valence electrons. The van der Waals surface area contributed by atoms with Gasteiger partial charge in [0.2, 0.25) is 0 Å². The van der Waals surface area contributed by atoms with Crippen LogP contribution in [0.1, 0.15) is 32.1 Å². The summed E-state index contributed by atoms with van der Waals surface area (Å²) in [6, 6.07) is 0.601. The van der Waals surface area contributed by atoms with Gasteiger partial charge in [0.15, 0.2) is 0 Å². The van der Waals surface area contributed by atoms with Gasteiger partial charge in [-0.1, -0.05) is 19.3 Å². The van der Waals surface area contributed by atoms with E-state index in [4.69, 9.17) is 0 Å². The molecular formula is C7H13N-. The molecule has 1 aliphatic rings. The third-order valence-electron chi connectivity index (χ3n) is 1.83. The molecule has 1 radical (unpaired) electrons. The number of nitrogens with zero attached hydrogens (tertiary/aromatic N) is 1. The topological polar surface area (TPSA) is 14.1 Å². The monoisotopic (exact) mass is 111 g/mol. The molecule has 0 spiro atoms. The van der Waals surface area contributed by atoms with Gasteiger partial charge in [-0.2, -0.15) is 0 Å². The highest BCUT2D eigenvalue weighted by Gasteiger charge is 2.07. The summed E-state index contributed by atoms with van der Waals surface area (Å²) in [5.74, 6) is 0. The Balaban J connectivity index is 2.13. The fraction of sp³-hybridized carbons (Fsp3) is 0.857. The summed E-state index contributed by atoms with van der Waals surface area (Å²) in [6.45, 7) is 0. The van der Waals surface area contributed by atoms with Crippen molar-refractivity contribution in [3.63, 3.8) is 0 Å². The number of hydrogen-bond acceptors (Lipinski definition) is 0. The van der Waals surface area contributed by atoms with Crippen LogP contribution in [0.5, 0.6) is 0 Å². The maximum atomic E-state index is 4.00. The van der Waals surface area contributed by atoms with E-state index in [0.717, 1.165) is 0 Å². The highest BCUT2D eigenvalue weighted by molar-refractivity contribution is 4.70. The summed E-state index contributed by atoms with van der Waals surface area (Å²) in [5, 5.41) is 4.00. The minimum Gasteiger partial charge on any atom is -0.422 e. The van der Waals surface area contributed by atoms with Crippen molar-refractivity contribution in [2.24, 2.45) is 0 Å². The van der Waals surface area contributed by atoms with Crippen molar-refractivity contribution < 1.29 is 0 Å². The van der Waals surface area contributed by atoms with E-state index in [0.29, 0.717) is 6.04 Å². The van der Waals surface area contributed by atoms with Crippen LogP contribution in [0.2, 0.25) is 0 Å². The van der Waals surface area contributed by atoms with Crippen LogP contribution < -0.4 is 5.32 Å². The molecule has 0 aromatic heterocycles.